The molecule has 1 heterocycles. The lowest BCUT2D eigenvalue weighted by molar-refractivity contribution is -0.671. The van der Waals surface area contributed by atoms with E-state index in [0.29, 0.717) is 0 Å². The van der Waals surface area contributed by atoms with Gasteiger partial charge in [0.05, 0.1) is 13.6 Å². The maximum atomic E-state index is 12.6. The van der Waals surface area contributed by atoms with Gasteiger partial charge in [-0.3, -0.25) is 0 Å². The standard InChI is InChI=1S/C10H19F6N3O6S4.C6H11N2/c1-3-5-7-26(20,18-28(22,23)9(11,12)13)17-27(21,8-6-4-2)19-29(24,25)10(14,15)16;1-3-8-5-4-7(2)6-8/h3-8H2,1-2H3,(H,17,18,19,20,21);4-6H,3H2,1-2H3/q;+1. The molecule has 1 aromatic heterocycles. The zero-order chi connectivity index (χ0) is 29.3. The molecule has 0 saturated heterocycles. The molecular formula is C16H30F6N5O6S4+. The summed E-state index contributed by atoms with van der Waals surface area (Å²) in [5.41, 5.74) is -12.0. The minimum absolute atomic E-state index is 0.133. The molecule has 37 heavy (non-hydrogen) atoms. The van der Waals surface area contributed by atoms with Crippen molar-refractivity contribution in [1.82, 2.24) is 8.69 Å². The maximum absolute atomic E-state index is 12.6. The normalized spacial score (nSPS) is 16.2. The Morgan fingerprint density at radius 2 is 1.16 bits per heavy atom. The van der Waals surface area contributed by atoms with Gasteiger partial charge in [0.15, 0.2) is 0 Å². The second-order valence-corrected chi connectivity index (χ2v) is 15.4. The van der Waals surface area contributed by atoms with Crippen LogP contribution in [0.2, 0.25) is 0 Å². The number of sulfonamides is 2. The molecule has 220 valence electrons. The molecule has 0 bridgehead atoms. The number of hydrogen-bond acceptors (Lipinski definition) is 6. The molecule has 0 spiro atoms. The van der Waals surface area contributed by atoms with E-state index in [1.807, 2.05) is 17.8 Å². The first-order valence-electron chi connectivity index (χ1n) is 10.5. The van der Waals surface area contributed by atoms with E-state index in [2.05, 4.69) is 31.6 Å². The molecule has 0 aromatic carbocycles. The van der Waals surface area contributed by atoms with E-state index < -0.39 is 62.4 Å². The fourth-order valence-corrected chi connectivity index (χ4v) is 10.4. The quantitative estimate of drug-likeness (QED) is 0.294. The van der Waals surface area contributed by atoms with Gasteiger partial charge in [-0.2, -0.15) is 43.2 Å². The molecule has 11 nitrogen and oxygen atoms in total. The van der Waals surface area contributed by atoms with Crippen molar-refractivity contribution in [3.63, 3.8) is 0 Å². The molecule has 0 aliphatic carbocycles. The van der Waals surface area contributed by atoms with Crippen molar-refractivity contribution < 1.29 is 56.2 Å². The van der Waals surface area contributed by atoms with Crippen molar-refractivity contribution in [3.05, 3.63) is 18.7 Å². The first-order valence-corrected chi connectivity index (χ1v) is 16.8. The number of nitrogens with one attached hydrogen (secondary N) is 1. The summed E-state index contributed by atoms with van der Waals surface area (Å²) in [7, 11) is -20.4. The van der Waals surface area contributed by atoms with Gasteiger partial charge < -0.3 is 0 Å². The van der Waals surface area contributed by atoms with Gasteiger partial charge in [0, 0.05) is 11.5 Å². The van der Waals surface area contributed by atoms with Crippen molar-refractivity contribution in [2.45, 2.75) is 64.0 Å². The Labute approximate surface area is 213 Å². The Morgan fingerprint density at radius 3 is 1.38 bits per heavy atom. The summed E-state index contributed by atoms with van der Waals surface area (Å²) in [6.07, 6.45) is 5.93. The van der Waals surface area contributed by atoms with Gasteiger partial charge in [0.25, 0.3) is 0 Å². The molecule has 0 aliphatic heterocycles. The topological polar surface area (TPSA) is 148 Å². The average molecular weight is 631 g/mol. The van der Waals surface area contributed by atoms with Crippen LogP contribution in [0, 0.1) is 0 Å². The first-order chi connectivity index (χ1) is 16.6. The van der Waals surface area contributed by atoms with Crippen LogP contribution in [-0.2, 0) is 53.5 Å². The lowest BCUT2D eigenvalue weighted by Crippen LogP contribution is -2.37. The van der Waals surface area contributed by atoms with Crippen LogP contribution in [-0.4, -0.2) is 52.3 Å². The largest absolute Gasteiger partial charge is 0.519 e. The zero-order valence-electron chi connectivity index (χ0n) is 20.3. The number of aromatic nitrogens is 2. The Bertz CT molecular complexity index is 1250. The van der Waals surface area contributed by atoms with E-state index in [-0.39, 0.29) is 25.7 Å². The molecule has 1 aromatic rings. The number of rotatable bonds is 11. The third-order valence-electron chi connectivity index (χ3n) is 4.02. The van der Waals surface area contributed by atoms with Gasteiger partial charge in [-0.1, -0.05) is 34.2 Å². The monoisotopic (exact) mass is 630 g/mol. The van der Waals surface area contributed by atoms with Crippen molar-refractivity contribution in [3.8, 4) is 0 Å². The molecule has 0 amide bonds. The highest BCUT2D eigenvalue weighted by atomic mass is 32.3. The SMILES string of the molecule is CCCCS(=O)(=NS(=O)(=O)C(F)(F)F)NS(=O)(CCCC)=NS(=O)(=O)C(F)(F)F.CCn1cc[n+](C)c1. The zero-order valence-corrected chi connectivity index (χ0v) is 23.6. The second-order valence-electron chi connectivity index (χ2n) is 7.38. The van der Waals surface area contributed by atoms with Crippen LogP contribution in [0.15, 0.2) is 26.3 Å². The molecule has 0 aliphatic rings. The molecular weight excluding hydrogens is 600 g/mol. The number of nitrogens with zero attached hydrogens (tertiary/aromatic N) is 4. The molecule has 21 heteroatoms. The molecule has 2 unspecified atom stereocenters. The summed E-state index contributed by atoms with van der Waals surface area (Å²) in [6.45, 7) is 6.08. The third kappa shape index (κ3) is 11.9. The highest BCUT2D eigenvalue weighted by Gasteiger charge is 2.49. The number of unbranched alkanes of at least 4 members (excludes halogenated alkanes) is 2. The van der Waals surface area contributed by atoms with E-state index in [9.17, 15) is 51.6 Å². The summed E-state index contributed by atoms with van der Waals surface area (Å²) >= 11 is 0. The van der Waals surface area contributed by atoms with E-state index in [0.717, 1.165) is 6.54 Å². The lowest BCUT2D eigenvalue weighted by atomic mass is 10.4. The molecule has 0 saturated carbocycles. The average Bonchev–Trinajstić information content (AvgIpc) is 3.14. The summed E-state index contributed by atoms with van der Waals surface area (Å²) in [4.78, 5) is 0. The van der Waals surface area contributed by atoms with Crippen LogP contribution in [0.5, 0.6) is 0 Å². The number of halogens is 6. The first kappa shape index (κ1) is 35.5. The van der Waals surface area contributed by atoms with Crippen LogP contribution < -0.4 is 8.69 Å². The highest BCUT2D eigenvalue weighted by molar-refractivity contribution is 8.12. The minimum atomic E-state index is -6.40. The Kier molecular flexibility index (Phi) is 13.0. The number of alkyl halides is 6. The fraction of sp³-hybridized carbons (Fsp3) is 0.812. The van der Waals surface area contributed by atoms with E-state index in [4.69, 9.17) is 0 Å². The van der Waals surface area contributed by atoms with Gasteiger partial charge in [-0.05, 0) is 19.8 Å². The van der Waals surface area contributed by atoms with E-state index in [1.165, 1.54) is 18.0 Å². The molecule has 1 rings (SSSR count). The van der Waals surface area contributed by atoms with Gasteiger partial charge in [0.2, 0.25) is 6.33 Å². The highest BCUT2D eigenvalue weighted by Crippen LogP contribution is 2.28. The van der Waals surface area contributed by atoms with E-state index in [1.54, 1.807) is 0 Å². The second kappa shape index (κ2) is 13.6. The van der Waals surface area contributed by atoms with Gasteiger partial charge >= 0.3 is 31.1 Å². The smallest absolute Gasteiger partial charge is 0.240 e. The van der Waals surface area contributed by atoms with Crippen LogP contribution in [0.4, 0.5) is 26.3 Å². The fourth-order valence-electron chi connectivity index (χ4n) is 2.16. The van der Waals surface area contributed by atoms with Crippen molar-refractivity contribution in [2.75, 3.05) is 11.5 Å². The van der Waals surface area contributed by atoms with E-state index >= 15 is 0 Å². The van der Waals surface area contributed by atoms with Crippen LogP contribution in [0.25, 0.3) is 0 Å². The molecule has 0 fully saturated rings. The van der Waals surface area contributed by atoms with Crippen molar-refractivity contribution in [2.24, 2.45) is 14.6 Å². The number of aryl methyl sites for hydroxylation is 2. The van der Waals surface area contributed by atoms with Crippen molar-refractivity contribution in [1.29, 1.82) is 0 Å². The summed E-state index contributed by atoms with van der Waals surface area (Å²) in [5, 5.41) is 0. The van der Waals surface area contributed by atoms with Crippen molar-refractivity contribution >= 4 is 39.9 Å². The minimum Gasteiger partial charge on any atom is -0.240 e. The van der Waals surface area contributed by atoms with Crippen LogP contribution in [0.1, 0.15) is 46.5 Å². The van der Waals surface area contributed by atoms with Gasteiger partial charge in [-0.25, -0.2) is 17.6 Å². The summed E-state index contributed by atoms with van der Waals surface area (Å²) < 4.78 is 156. The van der Waals surface area contributed by atoms with Gasteiger partial charge in [-0.15, -0.1) is 4.13 Å². The lowest BCUT2D eigenvalue weighted by Gasteiger charge is -2.16. The summed E-state index contributed by atoms with van der Waals surface area (Å²) in [6, 6.07) is 0. The maximum Gasteiger partial charge on any atom is 0.519 e. The Balaban J connectivity index is 0.00000136. The predicted molar refractivity (Wildman–Crippen MR) is 125 cm³/mol. The molecule has 2 atom stereocenters. The van der Waals surface area contributed by atoms with Crippen LogP contribution >= 0.6 is 0 Å². The Morgan fingerprint density at radius 1 is 0.784 bits per heavy atom. The predicted octanol–water partition coefficient (Wildman–Crippen LogP) is 2.97. The number of hydrogen-bond donors (Lipinski definition) is 1. The summed E-state index contributed by atoms with van der Waals surface area (Å²) in [5.74, 6) is -1.94. The Hall–Kier alpha value is -1.45. The number of imidazole rings is 1. The third-order valence-corrected chi connectivity index (χ3v) is 12.5. The van der Waals surface area contributed by atoms with Gasteiger partial charge in [0.1, 0.15) is 32.2 Å². The molecule has 1 N–H and O–H groups in total. The molecule has 0 radical (unpaired) electrons. The van der Waals surface area contributed by atoms with Crippen LogP contribution in [0.3, 0.4) is 0 Å².